The fraction of sp³-hybridized carbons (Fsp3) is 0.714. The molecule has 19 heavy (non-hydrogen) atoms. The van der Waals surface area contributed by atoms with E-state index in [2.05, 4.69) is 34.0 Å². The zero-order valence-corrected chi connectivity index (χ0v) is 12.6. The van der Waals surface area contributed by atoms with E-state index < -0.39 is 0 Å². The van der Waals surface area contributed by atoms with Crippen LogP contribution in [-0.2, 0) is 0 Å². The largest absolute Gasteiger partial charge is 0.478 e. The molecule has 0 spiro atoms. The molecule has 1 aliphatic rings. The van der Waals surface area contributed by atoms with Crippen molar-refractivity contribution in [2.24, 2.45) is 0 Å². The molecule has 1 N–H and O–H groups in total. The Labute approximate surface area is 119 Å². The van der Waals surface area contributed by atoms with Crippen molar-refractivity contribution in [1.82, 2.24) is 9.97 Å². The van der Waals surface area contributed by atoms with Crippen LogP contribution in [-0.4, -0.2) is 34.1 Å². The third-order valence-electron chi connectivity index (χ3n) is 3.05. The first-order valence-corrected chi connectivity index (χ1v) is 8.16. The van der Waals surface area contributed by atoms with Gasteiger partial charge in [0.2, 0.25) is 11.8 Å². The molecule has 2 heterocycles. The van der Waals surface area contributed by atoms with Gasteiger partial charge in [-0.05, 0) is 31.9 Å². The number of rotatable bonds is 6. The number of thioether (sulfide) groups is 1. The zero-order valence-electron chi connectivity index (χ0n) is 11.8. The normalized spacial score (nSPS) is 19.2. The minimum Gasteiger partial charge on any atom is -0.478 e. The minimum absolute atomic E-state index is 0.674. The molecule has 1 aromatic heterocycles. The third kappa shape index (κ3) is 4.90. The first-order chi connectivity index (χ1) is 9.28. The lowest BCUT2D eigenvalue weighted by molar-refractivity contribution is 0.305. The van der Waals surface area contributed by atoms with Gasteiger partial charge in [-0.1, -0.05) is 13.3 Å². The molecule has 1 saturated heterocycles. The lowest BCUT2D eigenvalue weighted by Gasteiger charge is -2.21. The second-order valence-corrected chi connectivity index (χ2v) is 6.30. The standard InChI is InChI=1S/C14H23N3OS/c1-3-7-18-13-9-11(2)16-14(17-13)15-10-12-6-4-5-8-19-12/h9,12H,3-8,10H2,1-2H3,(H,15,16,17). The average molecular weight is 281 g/mol. The Morgan fingerprint density at radius 1 is 1.42 bits per heavy atom. The van der Waals surface area contributed by atoms with Gasteiger partial charge in [0.1, 0.15) is 0 Å². The van der Waals surface area contributed by atoms with Gasteiger partial charge in [0, 0.05) is 23.6 Å². The average Bonchev–Trinajstić information content (AvgIpc) is 2.43. The number of hydrogen-bond acceptors (Lipinski definition) is 5. The van der Waals surface area contributed by atoms with E-state index in [-0.39, 0.29) is 0 Å². The van der Waals surface area contributed by atoms with Crippen molar-refractivity contribution >= 4 is 17.7 Å². The Bertz CT molecular complexity index is 394. The molecular weight excluding hydrogens is 258 g/mol. The van der Waals surface area contributed by atoms with Crippen molar-refractivity contribution in [3.63, 3.8) is 0 Å². The van der Waals surface area contributed by atoms with Crippen LogP contribution in [0.3, 0.4) is 0 Å². The molecule has 0 aromatic carbocycles. The van der Waals surface area contributed by atoms with Gasteiger partial charge in [0.05, 0.1) is 6.61 Å². The molecule has 1 aliphatic heterocycles. The Kier molecular flexibility index (Phi) is 5.76. The van der Waals surface area contributed by atoms with E-state index in [4.69, 9.17) is 4.74 Å². The number of aromatic nitrogens is 2. The Morgan fingerprint density at radius 2 is 2.32 bits per heavy atom. The highest BCUT2D eigenvalue weighted by atomic mass is 32.2. The van der Waals surface area contributed by atoms with Crippen LogP contribution in [0.4, 0.5) is 5.95 Å². The smallest absolute Gasteiger partial charge is 0.226 e. The van der Waals surface area contributed by atoms with Crippen LogP contribution in [0.15, 0.2) is 6.07 Å². The summed E-state index contributed by atoms with van der Waals surface area (Å²) < 4.78 is 5.57. The summed E-state index contributed by atoms with van der Waals surface area (Å²) >= 11 is 2.06. The van der Waals surface area contributed by atoms with Crippen LogP contribution in [0.5, 0.6) is 5.88 Å². The van der Waals surface area contributed by atoms with Crippen LogP contribution in [0.25, 0.3) is 0 Å². The fourth-order valence-electron chi connectivity index (χ4n) is 2.07. The van der Waals surface area contributed by atoms with Crippen molar-refractivity contribution in [1.29, 1.82) is 0 Å². The molecule has 1 aromatic rings. The number of aryl methyl sites for hydroxylation is 1. The van der Waals surface area contributed by atoms with Crippen molar-refractivity contribution in [3.8, 4) is 5.88 Å². The van der Waals surface area contributed by atoms with Crippen LogP contribution in [0.1, 0.15) is 38.3 Å². The summed E-state index contributed by atoms with van der Waals surface area (Å²) in [4.78, 5) is 8.82. The highest BCUT2D eigenvalue weighted by Crippen LogP contribution is 2.25. The van der Waals surface area contributed by atoms with E-state index >= 15 is 0 Å². The third-order valence-corrected chi connectivity index (χ3v) is 4.44. The van der Waals surface area contributed by atoms with Gasteiger partial charge in [0.15, 0.2) is 0 Å². The van der Waals surface area contributed by atoms with Crippen LogP contribution in [0, 0.1) is 6.92 Å². The molecule has 106 valence electrons. The van der Waals surface area contributed by atoms with Gasteiger partial charge < -0.3 is 10.1 Å². The fourth-order valence-corrected chi connectivity index (χ4v) is 3.31. The summed E-state index contributed by atoms with van der Waals surface area (Å²) in [7, 11) is 0. The molecule has 4 nitrogen and oxygen atoms in total. The SMILES string of the molecule is CCCOc1cc(C)nc(NCC2CCCCS2)n1. The highest BCUT2D eigenvalue weighted by molar-refractivity contribution is 7.99. The molecule has 0 amide bonds. The van der Waals surface area contributed by atoms with Crippen LogP contribution < -0.4 is 10.1 Å². The second-order valence-electron chi connectivity index (χ2n) is 4.89. The molecule has 1 fully saturated rings. The second kappa shape index (κ2) is 7.58. The number of anilines is 1. The van der Waals surface area contributed by atoms with E-state index in [1.54, 1.807) is 0 Å². The maximum absolute atomic E-state index is 5.57. The Hall–Kier alpha value is -0.970. The summed E-state index contributed by atoms with van der Waals surface area (Å²) in [5.74, 6) is 2.65. The summed E-state index contributed by atoms with van der Waals surface area (Å²) in [6, 6.07) is 1.89. The molecule has 0 saturated carbocycles. The molecule has 0 radical (unpaired) electrons. The molecule has 1 unspecified atom stereocenters. The molecule has 2 rings (SSSR count). The predicted octanol–water partition coefficient (Wildman–Crippen LogP) is 3.27. The predicted molar refractivity (Wildman–Crippen MR) is 81.1 cm³/mol. The van der Waals surface area contributed by atoms with Gasteiger partial charge in [-0.3, -0.25) is 0 Å². The van der Waals surface area contributed by atoms with Gasteiger partial charge in [-0.25, -0.2) is 4.98 Å². The van der Waals surface area contributed by atoms with Crippen LogP contribution in [0.2, 0.25) is 0 Å². The van der Waals surface area contributed by atoms with Gasteiger partial charge in [-0.15, -0.1) is 0 Å². The molecule has 5 heteroatoms. The lowest BCUT2D eigenvalue weighted by Crippen LogP contribution is -2.21. The topological polar surface area (TPSA) is 47.0 Å². The van der Waals surface area contributed by atoms with E-state index in [1.807, 2.05) is 13.0 Å². The minimum atomic E-state index is 0.674. The van der Waals surface area contributed by atoms with E-state index in [0.717, 1.165) is 18.7 Å². The summed E-state index contributed by atoms with van der Waals surface area (Å²) in [5, 5.41) is 4.04. The monoisotopic (exact) mass is 281 g/mol. The van der Waals surface area contributed by atoms with Gasteiger partial charge in [0.25, 0.3) is 0 Å². The Morgan fingerprint density at radius 3 is 3.05 bits per heavy atom. The van der Waals surface area contributed by atoms with Gasteiger partial charge in [-0.2, -0.15) is 16.7 Å². The quantitative estimate of drug-likeness (QED) is 0.867. The molecular formula is C14H23N3OS. The number of nitrogens with zero attached hydrogens (tertiary/aromatic N) is 2. The maximum atomic E-state index is 5.57. The van der Waals surface area contributed by atoms with E-state index in [1.165, 1.54) is 25.0 Å². The van der Waals surface area contributed by atoms with E-state index in [9.17, 15) is 0 Å². The summed E-state index contributed by atoms with van der Waals surface area (Å²) in [6.07, 6.45) is 4.99. The van der Waals surface area contributed by atoms with Gasteiger partial charge >= 0.3 is 0 Å². The molecule has 0 bridgehead atoms. The molecule has 0 aliphatic carbocycles. The maximum Gasteiger partial charge on any atom is 0.226 e. The summed E-state index contributed by atoms with van der Waals surface area (Å²) in [5.41, 5.74) is 0.944. The first-order valence-electron chi connectivity index (χ1n) is 7.12. The van der Waals surface area contributed by atoms with Crippen molar-refractivity contribution in [2.75, 3.05) is 24.2 Å². The number of ether oxygens (including phenoxy) is 1. The van der Waals surface area contributed by atoms with Crippen LogP contribution >= 0.6 is 11.8 Å². The van der Waals surface area contributed by atoms with Crippen molar-refractivity contribution < 1.29 is 4.74 Å². The molecule has 1 atom stereocenters. The lowest BCUT2D eigenvalue weighted by atomic mass is 10.2. The number of hydrogen-bond donors (Lipinski definition) is 1. The van der Waals surface area contributed by atoms with Crippen molar-refractivity contribution in [3.05, 3.63) is 11.8 Å². The Balaban J connectivity index is 1.89. The highest BCUT2D eigenvalue weighted by Gasteiger charge is 2.14. The van der Waals surface area contributed by atoms with Crippen molar-refractivity contribution in [2.45, 2.75) is 44.8 Å². The first kappa shape index (κ1) is 14.4. The van der Waals surface area contributed by atoms with E-state index in [0.29, 0.717) is 23.7 Å². The number of nitrogens with one attached hydrogen (secondary N) is 1. The zero-order chi connectivity index (χ0) is 13.5. The summed E-state index contributed by atoms with van der Waals surface area (Å²) in [6.45, 7) is 5.71.